The number of phenolic OH excluding ortho intramolecular Hbond substituents is 1. The third kappa shape index (κ3) is 2.61. The fourth-order valence-corrected chi connectivity index (χ4v) is 3.84. The number of hydrogen-bond donors (Lipinski definition) is 2. The standard InChI is InChI=1S/C12H16N2O5S/c1-2-12(6-3-7-12)13-20(18,19)9-4-5-11(15)10(8-9)14(16)17/h4-5,8,13,15H,2-3,6-7H2,1H3. The van der Waals surface area contributed by atoms with E-state index < -0.39 is 31.9 Å². The van der Waals surface area contributed by atoms with Crippen LogP contribution in [0.25, 0.3) is 0 Å². The molecule has 0 amide bonds. The van der Waals surface area contributed by atoms with Gasteiger partial charge in [0, 0.05) is 11.6 Å². The lowest BCUT2D eigenvalue weighted by atomic mass is 9.76. The zero-order chi connectivity index (χ0) is 15.0. The van der Waals surface area contributed by atoms with E-state index in [9.17, 15) is 23.6 Å². The van der Waals surface area contributed by atoms with Gasteiger partial charge >= 0.3 is 5.69 Å². The van der Waals surface area contributed by atoms with Crippen molar-refractivity contribution in [3.63, 3.8) is 0 Å². The minimum atomic E-state index is -3.83. The number of nitrogens with one attached hydrogen (secondary N) is 1. The highest BCUT2D eigenvalue weighted by Gasteiger charge is 2.39. The van der Waals surface area contributed by atoms with Gasteiger partial charge in [-0.05, 0) is 37.8 Å². The van der Waals surface area contributed by atoms with E-state index in [0.29, 0.717) is 6.42 Å². The lowest BCUT2D eigenvalue weighted by Crippen LogP contribution is -2.52. The summed E-state index contributed by atoms with van der Waals surface area (Å²) >= 11 is 0. The summed E-state index contributed by atoms with van der Waals surface area (Å²) in [7, 11) is -3.83. The Morgan fingerprint density at radius 2 is 2.10 bits per heavy atom. The largest absolute Gasteiger partial charge is 0.502 e. The Kier molecular flexibility index (Phi) is 3.70. The lowest BCUT2D eigenvalue weighted by molar-refractivity contribution is -0.386. The van der Waals surface area contributed by atoms with Crippen molar-refractivity contribution in [1.29, 1.82) is 0 Å². The van der Waals surface area contributed by atoms with Crippen molar-refractivity contribution >= 4 is 15.7 Å². The number of benzene rings is 1. The van der Waals surface area contributed by atoms with Gasteiger partial charge in [0.05, 0.1) is 9.82 Å². The molecule has 0 heterocycles. The number of hydrogen-bond acceptors (Lipinski definition) is 5. The molecule has 1 saturated carbocycles. The zero-order valence-electron chi connectivity index (χ0n) is 11.0. The number of nitro groups is 1. The molecular weight excluding hydrogens is 284 g/mol. The van der Waals surface area contributed by atoms with Gasteiger partial charge in [0.1, 0.15) is 0 Å². The van der Waals surface area contributed by atoms with Crippen LogP contribution < -0.4 is 4.72 Å². The summed E-state index contributed by atoms with van der Waals surface area (Å²) in [6.07, 6.45) is 3.17. The molecule has 0 bridgehead atoms. The van der Waals surface area contributed by atoms with Crippen molar-refractivity contribution in [1.82, 2.24) is 4.72 Å². The SMILES string of the molecule is CCC1(NS(=O)(=O)c2ccc(O)c([N+](=O)[O-])c2)CCC1. The topological polar surface area (TPSA) is 110 Å². The van der Waals surface area contributed by atoms with Crippen LogP contribution in [0.1, 0.15) is 32.6 Å². The summed E-state index contributed by atoms with van der Waals surface area (Å²) in [5.41, 5.74) is -1.06. The van der Waals surface area contributed by atoms with E-state index in [4.69, 9.17) is 0 Å². The monoisotopic (exact) mass is 300 g/mol. The summed E-state index contributed by atoms with van der Waals surface area (Å²) < 4.78 is 27.2. The van der Waals surface area contributed by atoms with E-state index in [1.54, 1.807) is 0 Å². The van der Waals surface area contributed by atoms with Gasteiger partial charge in [-0.1, -0.05) is 6.92 Å². The molecular formula is C12H16N2O5S. The normalized spacial score (nSPS) is 17.4. The van der Waals surface area contributed by atoms with Crippen molar-refractivity contribution in [2.24, 2.45) is 0 Å². The van der Waals surface area contributed by atoms with Crippen LogP contribution in [0, 0.1) is 10.1 Å². The second-order valence-corrected chi connectivity index (χ2v) is 6.68. The average molecular weight is 300 g/mol. The lowest BCUT2D eigenvalue weighted by Gasteiger charge is -2.41. The van der Waals surface area contributed by atoms with Crippen LogP contribution >= 0.6 is 0 Å². The summed E-state index contributed by atoms with van der Waals surface area (Å²) in [5.74, 6) is -0.553. The molecule has 0 atom stereocenters. The van der Waals surface area contributed by atoms with E-state index in [2.05, 4.69) is 4.72 Å². The Hall–Kier alpha value is -1.67. The molecule has 7 nitrogen and oxygen atoms in total. The van der Waals surface area contributed by atoms with Crippen molar-refractivity contribution in [2.45, 2.75) is 43.0 Å². The van der Waals surface area contributed by atoms with Crippen molar-refractivity contribution < 1.29 is 18.4 Å². The van der Waals surface area contributed by atoms with Gasteiger partial charge in [-0.2, -0.15) is 0 Å². The van der Waals surface area contributed by atoms with Gasteiger partial charge in [0.15, 0.2) is 5.75 Å². The van der Waals surface area contributed by atoms with Crippen LogP contribution in [0.4, 0.5) is 5.69 Å². The summed E-state index contributed by atoms with van der Waals surface area (Å²) in [5, 5.41) is 20.1. The molecule has 2 N–H and O–H groups in total. The van der Waals surface area contributed by atoms with Crippen molar-refractivity contribution in [3.8, 4) is 5.75 Å². The number of rotatable bonds is 5. The highest BCUT2D eigenvalue weighted by Crippen LogP contribution is 2.36. The Labute approximate surface area is 116 Å². The number of phenols is 1. The number of sulfonamides is 1. The number of nitrogens with zero attached hydrogens (tertiary/aromatic N) is 1. The van der Waals surface area contributed by atoms with E-state index in [-0.39, 0.29) is 4.90 Å². The minimum Gasteiger partial charge on any atom is -0.502 e. The third-order valence-corrected chi connectivity index (χ3v) is 5.37. The van der Waals surface area contributed by atoms with E-state index in [1.807, 2.05) is 6.92 Å². The second kappa shape index (κ2) is 5.02. The maximum atomic E-state index is 12.3. The smallest absolute Gasteiger partial charge is 0.312 e. The molecule has 1 aliphatic carbocycles. The van der Waals surface area contributed by atoms with Gasteiger partial charge in [0.25, 0.3) is 0 Å². The van der Waals surface area contributed by atoms with Gasteiger partial charge in [-0.15, -0.1) is 0 Å². The molecule has 0 spiro atoms. The van der Waals surface area contributed by atoms with Crippen LogP contribution in [0.15, 0.2) is 23.1 Å². The molecule has 1 fully saturated rings. The predicted molar refractivity (Wildman–Crippen MR) is 72.0 cm³/mol. The van der Waals surface area contributed by atoms with Gasteiger partial charge in [0.2, 0.25) is 10.0 Å². The highest BCUT2D eigenvalue weighted by molar-refractivity contribution is 7.89. The van der Waals surface area contributed by atoms with Gasteiger partial charge in [-0.25, -0.2) is 13.1 Å². The highest BCUT2D eigenvalue weighted by atomic mass is 32.2. The molecule has 0 aliphatic heterocycles. The molecule has 1 aromatic rings. The Morgan fingerprint density at radius 1 is 1.45 bits per heavy atom. The van der Waals surface area contributed by atoms with Crippen LogP contribution in [-0.2, 0) is 10.0 Å². The Balaban J connectivity index is 2.35. The maximum Gasteiger partial charge on any atom is 0.312 e. The zero-order valence-corrected chi connectivity index (χ0v) is 11.8. The molecule has 0 unspecified atom stereocenters. The number of aromatic hydroxyl groups is 1. The fraction of sp³-hybridized carbons (Fsp3) is 0.500. The van der Waals surface area contributed by atoms with Crippen molar-refractivity contribution in [2.75, 3.05) is 0 Å². The van der Waals surface area contributed by atoms with Crippen molar-refractivity contribution in [3.05, 3.63) is 28.3 Å². The molecule has 8 heteroatoms. The molecule has 20 heavy (non-hydrogen) atoms. The number of nitro benzene ring substituents is 1. The predicted octanol–water partition coefficient (Wildman–Crippen LogP) is 1.91. The molecule has 110 valence electrons. The first-order chi connectivity index (χ1) is 9.30. The second-order valence-electron chi connectivity index (χ2n) is 5.00. The minimum absolute atomic E-state index is 0.207. The first-order valence-electron chi connectivity index (χ1n) is 6.31. The van der Waals surface area contributed by atoms with Gasteiger partial charge < -0.3 is 5.11 Å². The van der Waals surface area contributed by atoms with E-state index in [0.717, 1.165) is 37.5 Å². The van der Waals surface area contributed by atoms with Crippen LogP contribution in [0.2, 0.25) is 0 Å². The average Bonchev–Trinajstić information content (AvgIpc) is 2.34. The first-order valence-corrected chi connectivity index (χ1v) is 7.79. The molecule has 1 aliphatic rings. The maximum absolute atomic E-state index is 12.3. The quantitative estimate of drug-likeness (QED) is 0.637. The first kappa shape index (κ1) is 14.7. The summed E-state index contributed by atoms with van der Waals surface area (Å²) in [4.78, 5) is 9.72. The molecule has 0 saturated heterocycles. The van der Waals surface area contributed by atoms with Crippen LogP contribution in [0.5, 0.6) is 5.75 Å². The molecule has 2 rings (SSSR count). The fourth-order valence-electron chi connectivity index (χ4n) is 2.29. The molecule has 1 aromatic carbocycles. The third-order valence-electron chi connectivity index (χ3n) is 3.79. The summed E-state index contributed by atoms with van der Waals surface area (Å²) in [6, 6.07) is 3.05. The Morgan fingerprint density at radius 3 is 2.55 bits per heavy atom. The molecule has 0 radical (unpaired) electrons. The summed E-state index contributed by atoms with van der Waals surface area (Å²) in [6.45, 7) is 1.90. The van der Waals surface area contributed by atoms with Crippen LogP contribution in [0.3, 0.4) is 0 Å². The van der Waals surface area contributed by atoms with E-state index in [1.165, 1.54) is 0 Å². The molecule has 0 aromatic heterocycles. The van der Waals surface area contributed by atoms with Crippen LogP contribution in [-0.4, -0.2) is 24.0 Å². The van der Waals surface area contributed by atoms with E-state index >= 15 is 0 Å². The Bertz CT molecular complexity index is 632. The van der Waals surface area contributed by atoms with Gasteiger partial charge in [-0.3, -0.25) is 10.1 Å².